The second kappa shape index (κ2) is 7.48. The van der Waals surface area contributed by atoms with E-state index < -0.39 is 38.5 Å². The highest BCUT2D eigenvalue weighted by Crippen LogP contribution is 2.52. The first-order valence-corrected chi connectivity index (χ1v) is 9.11. The van der Waals surface area contributed by atoms with E-state index in [0.717, 1.165) is 5.56 Å². The number of thioether (sulfide) groups is 2. The van der Waals surface area contributed by atoms with Crippen molar-refractivity contribution in [3.63, 3.8) is 0 Å². The number of nitrogens with one attached hydrogen (secondary N) is 1. The number of carbonyl (C=O) groups is 3. The summed E-state index contributed by atoms with van der Waals surface area (Å²) in [5.41, 5.74) is 0.786. The quantitative estimate of drug-likeness (QED) is 0.703. The SMILES string of the molecule is CC1(C)SC(C(=O)O)C(C(=O)N[C@@H](Cc2ccccc2)C(=O)O)S1. The minimum absolute atomic E-state index is 0.146. The van der Waals surface area contributed by atoms with Crippen LogP contribution >= 0.6 is 23.5 Å². The lowest BCUT2D eigenvalue weighted by atomic mass is 10.1. The summed E-state index contributed by atoms with van der Waals surface area (Å²) in [5, 5.41) is 19.5. The van der Waals surface area contributed by atoms with E-state index in [0.29, 0.717) is 0 Å². The Morgan fingerprint density at radius 2 is 1.71 bits per heavy atom. The van der Waals surface area contributed by atoms with E-state index in [1.165, 1.54) is 23.5 Å². The van der Waals surface area contributed by atoms with Crippen molar-refractivity contribution in [2.75, 3.05) is 0 Å². The number of carboxylic acids is 2. The fourth-order valence-corrected chi connectivity index (χ4v) is 5.60. The van der Waals surface area contributed by atoms with Crippen LogP contribution in [0.3, 0.4) is 0 Å². The van der Waals surface area contributed by atoms with Crippen LogP contribution in [0.2, 0.25) is 0 Å². The maximum atomic E-state index is 12.5. The van der Waals surface area contributed by atoms with Gasteiger partial charge in [0, 0.05) is 6.42 Å². The Kier molecular flexibility index (Phi) is 5.82. The molecule has 1 amide bonds. The van der Waals surface area contributed by atoms with Crippen LogP contribution in [-0.4, -0.2) is 48.7 Å². The zero-order valence-electron chi connectivity index (χ0n) is 13.3. The van der Waals surface area contributed by atoms with Gasteiger partial charge in [-0.3, -0.25) is 9.59 Å². The number of hydrogen-bond acceptors (Lipinski definition) is 5. The molecule has 1 aliphatic rings. The van der Waals surface area contributed by atoms with E-state index in [1.807, 2.05) is 19.9 Å². The summed E-state index contributed by atoms with van der Waals surface area (Å²) in [6, 6.07) is 7.88. The van der Waals surface area contributed by atoms with Gasteiger partial charge in [0.05, 0.1) is 4.08 Å². The molecule has 8 heteroatoms. The number of carbonyl (C=O) groups excluding carboxylic acids is 1. The molecule has 1 saturated heterocycles. The molecule has 1 aromatic carbocycles. The van der Waals surface area contributed by atoms with Gasteiger partial charge in [0.15, 0.2) is 0 Å². The van der Waals surface area contributed by atoms with Crippen molar-refractivity contribution in [1.82, 2.24) is 5.32 Å². The number of carboxylic acid groups (broad SMARTS) is 2. The van der Waals surface area contributed by atoms with Gasteiger partial charge in [0.25, 0.3) is 0 Å². The maximum absolute atomic E-state index is 12.5. The van der Waals surface area contributed by atoms with E-state index in [9.17, 15) is 24.6 Å². The summed E-state index contributed by atoms with van der Waals surface area (Å²) >= 11 is 2.46. The van der Waals surface area contributed by atoms with E-state index in [-0.39, 0.29) is 6.42 Å². The van der Waals surface area contributed by atoms with Gasteiger partial charge in [0.1, 0.15) is 16.5 Å². The van der Waals surface area contributed by atoms with Gasteiger partial charge < -0.3 is 15.5 Å². The zero-order chi connectivity index (χ0) is 17.9. The van der Waals surface area contributed by atoms with Crippen molar-refractivity contribution < 1.29 is 24.6 Å². The van der Waals surface area contributed by atoms with Gasteiger partial charge in [-0.25, -0.2) is 4.79 Å². The van der Waals surface area contributed by atoms with Crippen LogP contribution in [0.4, 0.5) is 0 Å². The molecular weight excluding hydrogens is 350 g/mol. The minimum atomic E-state index is -1.14. The second-order valence-electron chi connectivity index (χ2n) is 5.90. The molecule has 2 rings (SSSR count). The van der Waals surface area contributed by atoms with Crippen molar-refractivity contribution in [2.45, 2.75) is 40.9 Å². The molecule has 1 heterocycles. The van der Waals surface area contributed by atoms with Crippen LogP contribution in [0.1, 0.15) is 19.4 Å². The standard InChI is InChI=1S/C16H19NO5S2/c1-16(2)23-11(12(24-16)15(21)22)13(18)17-10(14(19)20)8-9-6-4-3-5-7-9/h3-7,10-12H,8H2,1-2H3,(H,17,18)(H,19,20)(H,21,22)/t10-,11?,12?/m0/s1. The Morgan fingerprint density at radius 1 is 1.12 bits per heavy atom. The molecule has 0 aliphatic carbocycles. The van der Waals surface area contributed by atoms with Gasteiger partial charge in [-0.15, -0.1) is 23.5 Å². The predicted molar refractivity (Wildman–Crippen MR) is 94.2 cm³/mol. The summed E-state index contributed by atoms with van der Waals surface area (Å²) in [7, 11) is 0. The largest absolute Gasteiger partial charge is 0.480 e. The van der Waals surface area contributed by atoms with Crippen LogP contribution in [0.25, 0.3) is 0 Å². The van der Waals surface area contributed by atoms with Gasteiger partial charge in [-0.05, 0) is 19.4 Å². The van der Waals surface area contributed by atoms with Gasteiger partial charge in [-0.2, -0.15) is 0 Å². The van der Waals surface area contributed by atoms with Crippen molar-refractivity contribution in [3.05, 3.63) is 35.9 Å². The minimum Gasteiger partial charge on any atom is -0.480 e. The molecule has 0 radical (unpaired) electrons. The average Bonchev–Trinajstić information content (AvgIpc) is 2.84. The number of benzene rings is 1. The molecule has 6 nitrogen and oxygen atoms in total. The third kappa shape index (κ3) is 4.67. The number of aliphatic carboxylic acids is 2. The first-order valence-electron chi connectivity index (χ1n) is 7.35. The Balaban J connectivity index is 2.10. The topological polar surface area (TPSA) is 104 Å². The molecule has 24 heavy (non-hydrogen) atoms. The Labute approximate surface area is 148 Å². The highest BCUT2D eigenvalue weighted by atomic mass is 32.2. The highest BCUT2D eigenvalue weighted by molar-refractivity contribution is 8.22. The van der Waals surface area contributed by atoms with E-state index in [2.05, 4.69) is 5.32 Å². The molecule has 2 unspecified atom stereocenters. The number of hydrogen-bond donors (Lipinski definition) is 3. The van der Waals surface area contributed by atoms with Crippen LogP contribution in [-0.2, 0) is 20.8 Å². The van der Waals surface area contributed by atoms with Gasteiger partial charge in [0.2, 0.25) is 5.91 Å². The maximum Gasteiger partial charge on any atom is 0.326 e. The van der Waals surface area contributed by atoms with Gasteiger partial charge >= 0.3 is 11.9 Å². The molecule has 0 bridgehead atoms. The molecule has 1 fully saturated rings. The molecule has 3 N–H and O–H groups in total. The summed E-state index contributed by atoms with van der Waals surface area (Å²) in [6.45, 7) is 3.70. The van der Waals surface area contributed by atoms with E-state index >= 15 is 0 Å². The molecule has 130 valence electrons. The molecule has 0 aromatic heterocycles. The van der Waals surface area contributed by atoms with Crippen molar-refractivity contribution in [1.29, 1.82) is 0 Å². The molecule has 1 aromatic rings. The second-order valence-corrected chi connectivity index (χ2v) is 9.69. The van der Waals surface area contributed by atoms with Crippen LogP contribution in [0, 0.1) is 0 Å². The molecule has 1 aliphatic heterocycles. The molecule has 0 spiro atoms. The average molecular weight is 369 g/mol. The van der Waals surface area contributed by atoms with Crippen molar-refractivity contribution in [3.8, 4) is 0 Å². The summed E-state index contributed by atoms with van der Waals surface area (Å²) in [5.74, 6) is -2.75. The number of amides is 1. The van der Waals surface area contributed by atoms with Gasteiger partial charge in [-0.1, -0.05) is 30.3 Å². The van der Waals surface area contributed by atoms with Crippen molar-refractivity contribution >= 4 is 41.4 Å². The third-order valence-corrected chi connectivity index (χ3v) is 6.85. The first-order chi connectivity index (χ1) is 11.2. The first kappa shape index (κ1) is 18.7. The summed E-state index contributed by atoms with van der Waals surface area (Å²) in [4.78, 5) is 35.3. The van der Waals surface area contributed by atoms with E-state index in [1.54, 1.807) is 24.3 Å². The molecule has 0 saturated carbocycles. The van der Waals surface area contributed by atoms with E-state index in [4.69, 9.17) is 0 Å². The summed E-state index contributed by atoms with van der Waals surface area (Å²) in [6.07, 6.45) is 0.146. The van der Waals surface area contributed by atoms with Crippen molar-refractivity contribution in [2.24, 2.45) is 0 Å². The predicted octanol–water partition coefficient (Wildman–Crippen LogP) is 1.84. The zero-order valence-corrected chi connectivity index (χ0v) is 14.9. The Hall–Kier alpha value is -1.67. The lowest BCUT2D eigenvalue weighted by Gasteiger charge is -2.19. The Bertz CT molecular complexity index is 635. The van der Waals surface area contributed by atoms with Crippen LogP contribution in [0.5, 0.6) is 0 Å². The lowest BCUT2D eigenvalue weighted by molar-refractivity contribution is -0.142. The monoisotopic (exact) mass is 369 g/mol. The fraction of sp³-hybridized carbons (Fsp3) is 0.438. The number of rotatable bonds is 6. The van der Waals surface area contributed by atoms with Crippen LogP contribution in [0.15, 0.2) is 30.3 Å². The fourth-order valence-electron chi connectivity index (χ4n) is 2.44. The normalized spacial score (nSPS) is 23.4. The lowest BCUT2D eigenvalue weighted by Crippen LogP contribution is -2.48. The molecule has 3 atom stereocenters. The summed E-state index contributed by atoms with van der Waals surface area (Å²) < 4.78 is -0.413. The Morgan fingerprint density at radius 3 is 2.25 bits per heavy atom. The van der Waals surface area contributed by atoms with Crippen LogP contribution < -0.4 is 5.32 Å². The molecular formula is C16H19NO5S2. The smallest absolute Gasteiger partial charge is 0.326 e. The highest BCUT2D eigenvalue weighted by Gasteiger charge is 2.48. The third-order valence-electron chi connectivity index (χ3n) is 3.50.